The molecule has 0 bridgehead atoms. The lowest BCUT2D eigenvalue weighted by Crippen LogP contribution is -2.50. The van der Waals surface area contributed by atoms with Crippen LogP contribution in [0.25, 0.3) is 0 Å². The Labute approximate surface area is 140 Å². The normalized spacial score (nSPS) is 17.4. The Hall–Kier alpha value is -1.01. The maximum Gasteiger partial charge on any atom is 0.219 e. The van der Waals surface area contributed by atoms with E-state index >= 15 is 0 Å². The Bertz CT molecular complexity index is 520. The van der Waals surface area contributed by atoms with Gasteiger partial charge in [0.1, 0.15) is 18.5 Å². The summed E-state index contributed by atoms with van der Waals surface area (Å²) in [7, 11) is 0. The van der Waals surface area contributed by atoms with Gasteiger partial charge >= 0.3 is 0 Å². The maximum atomic E-state index is 11.3. The van der Waals surface area contributed by atoms with Crippen LogP contribution in [0.3, 0.4) is 0 Å². The number of carbonyl (C=O) groups is 1. The molecule has 1 aliphatic heterocycles. The number of piperazine rings is 1. The fraction of sp³-hybridized carbons (Fsp3) is 0.533. The second-order valence-electron chi connectivity index (χ2n) is 5.35. The number of aliphatic hydroxyl groups is 1. The lowest BCUT2D eigenvalue weighted by molar-refractivity contribution is -0.130. The first-order valence-electron chi connectivity index (χ1n) is 7.19. The number of aliphatic hydroxyl groups excluding tert-OH is 1. The molecule has 1 atom stereocenters. The standard InChI is InChI=1S/C15H20Cl2N2O3/c1-11(20)19-6-4-18(5-7-19)9-13(21)10-22-15-3-2-12(16)8-14(15)17/h2-3,8,13,21H,4-7,9-10H2,1H3. The summed E-state index contributed by atoms with van der Waals surface area (Å²) < 4.78 is 5.52. The molecule has 1 fully saturated rings. The molecular weight excluding hydrogens is 327 g/mol. The van der Waals surface area contributed by atoms with E-state index in [0.29, 0.717) is 35.4 Å². The molecular formula is C15H20Cl2N2O3. The third-order valence-electron chi connectivity index (χ3n) is 3.61. The Kier molecular flexibility index (Phi) is 6.32. The molecule has 0 radical (unpaired) electrons. The van der Waals surface area contributed by atoms with E-state index in [1.807, 2.05) is 4.90 Å². The Morgan fingerprint density at radius 3 is 2.59 bits per heavy atom. The van der Waals surface area contributed by atoms with Gasteiger partial charge in [-0.05, 0) is 18.2 Å². The molecule has 1 heterocycles. The fourth-order valence-corrected chi connectivity index (χ4v) is 2.84. The van der Waals surface area contributed by atoms with Crippen LogP contribution < -0.4 is 4.74 Å². The number of halogens is 2. The van der Waals surface area contributed by atoms with Gasteiger partial charge < -0.3 is 14.7 Å². The summed E-state index contributed by atoms with van der Waals surface area (Å²) in [6, 6.07) is 4.98. The van der Waals surface area contributed by atoms with Crippen LogP contribution >= 0.6 is 23.2 Å². The largest absolute Gasteiger partial charge is 0.489 e. The number of β-amino-alcohol motifs (C(OH)–C–C–N with tert-alkyl or cyclic N) is 1. The maximum absolute atomic E-state index is 11.3. The molecule has 0 aromatic heterocycles. The summed E-state index contributed by atoms with van der Waals surface area (Å²) in [5, 5.41) is 11.0. The van der Waals surface area contributed by atoms with Gasteiger partial charge in [-0.3, -0.25) is 9.69 Å². The molecule has 22 heavy (non-hydrogen) atoms. The van der Waals surface area contributed by atoms with E-state index in [0.717, 1.165) is 13.1 Å². The van der Waals surface area contributed by atoms with Crippen LogP contribution in [0.4, 0.5) is 0 Å². The molecule has 1 aromatic carbocycles. The van der Waals surface area contributed by atoms with Crippen molar-refractivity contribution in [2.45, 2.75) is 13.0 Å². The predicted octanol–water partition coefficient (Wildman–Crippen LogP) is 1.90. The van der Waals surface area contributed by atoms with Crippen molar-refractivity contribution in [1.82, 2.24) is 9.80 Å². The summed E-state index contributed by atoms with van der Waals surface area (Å²) in [4.78, 5) is 15.2. The van der Waals surface area contributed by atoms with E-state index in [9.17, 15) is 9.90 Å². The average Bonchev–Trinajstić information content (AvgIpc) is 2.47. The first-order chi connectivity index (χ1) is 10.5. The monoisotopic (exact) mass is 346 g/mol. The van der Waals surface area contributed by atoms with Crippen LogP contribution in [0, 0.1) is 0 Å². The van der Waals surface area contributed by atoms with E-state index in [-0.39, 0.29) is 12.5 Å². The van der Waals surface area contributed by atoms with Gasteiger partial charge in [0.25, 0.3) is 0 Å². The number of ether oxygens (including phenoxy) is 1. The molecule has 1 N–H and O–H groups in total. The van der Waals surface area contributed by atoms with Gasteiger partial charge in [0.2, 0.25) is 5.91 Å². The number of amides is 1. The number of rotatable bonds is 5. The van der Waals surface area contributed by atoms with Crippen molar-refractivity contribution in [1.29, 1.82) is 0 Å². The van der Waals surface area contributed by atoms with Crippen LogP contribution in [0.2, 0.25) is 10.0 Å². The van der Waals surface area contributed by atoms with Gasteiger partial charge in [-0.2, -0.15) is 0 Å². The van der Waals surface area contributed by atoms with E-state index in [1.54, 1.807) is 25.1 Å². The highest BCUT2D eigenvalue weighted by Crippen LogP contribution is 2.27. The van der Waals surface area contributed by atoms with Crippen molar-refractivity contribution in [2.24, 2.45) is 0 Å². The van der Waals surface area contributed by atoms with Crippen molar-refractivity contribution in [3.63, 3.8) is 0 Å². The molecule has 1 saturated heterocycles. The summed E-state index contributed by atoms with van der Waals surface area (Å²) in [6.07, 6.45) is -0.615. The van der Waals surface area contributed by atoms with Crippen molar-refractivity contribution in [2.75, 3.05) is 39.3 Å². The summed E-state index contributed by atoms with van der Waals surface area (Å²) in [6.45, 7) is 5.17. The van der Waals surface area contributed by atoms with Gasteiger partial charge in [0.05, 0.1) is 5.02 Å². The molecule has 2 rings (SSSR count). The van der Waals surface area contributed by atoms with Crippen LogP contribution in [-0.4, -0.2) is 66.2 Å². The van der Waals surface area contributed by atoms with Crippen LogP contribution in [0.1, 0.15) is 6.92 Å². The van der Waals surface area contributed by atoms with Gasteiger partial charge in [-0.25, -0.2) is 0 Å². The Morgan fingerprint density at radius 2 is 2.00 bits per heavy atom. The van der Waals surface area contributed by atoms with E-state index in [4.69, 9.17) is 27.9 Å². The van der Waals surface area contributed by atoms with Gasteiger partial charge in [-0.15, -0.1) is 0 Å². The van der Waals surface area contributed by atoms with Crippen molar-refractivity contribution < 1.29 is 14.6 Å². The summed E-state index contributed by atoms with van der Waals surface area (Å²) in [5.41, 5.74) is 0. The quantitative estimate of drug-likeness (QED) is 0.884. The number of benzene rings is 1. The number of hydrogen-bond donors (Lipinski definition) is 1. The molecule has 5 nitrogen and oxygen atoms in total. The zero-order valence-corrected chi connectivity index (χ0v) is 14.0. The van der Waals surface area contributed by atoms with Gasteiger partial charge in [0.15, 0.2) is 0 Å². The zero-order valence-electron chi connectivity index (χ0n) is 12.5. The summed E-state index contributed by atoms with van der Waals surface area (Å²) in [5.74, 6) is 0.604. The molecule has 0 aliphatic carbocycles. The number of hydrogen-bond acceptors (Lipinski definition) is 4. The smallest absolute Gasteiger partial charge is 0.219 e. The average molecular weight is 347 g/mol. The van der Waals surface area contributed by atoms with Crippen LogP contribution in [-0.2, 0) is 4.79 Å². The molecule has 7 heteroatoms. The molecule has 0 spiro atoms. The highest BCUT2D eigenvalue weighted by molar-refractivity contribution is 6.35. The zero-order chi connectivity index (χ0) is 16.1. The van der Waals surface area contributed by atoms with Crippen molar-refractivity contribution in [3.05, 3.63) is 28.2 Å². The second kappa shape index (κ2) is 8.02. The fourth-order valence-electron chi connectivity index (χ4n) is 2.37. The van der Waals surface area contributed by atoms with E-state index in [1.165, 1.54) is 0 Å². The number of nitrogens with zero attached hydrogens (tertiary/aromatic N) is 2. The van der Waals surface area contributed by atoms with Gasteiger partial charge in [-0.1, -0.05) is 23.2 Å². The van der Waals surface area contributed by atoms with E-state index < -0.39 is 6.10 Å². The van der Waals surface area contributed by atoms with Gasteiger partial charge in [0, 0.05) is 44.7 Å². The third kappa shape index (κ3) is 5.02. The minimum absolute atomic E-state index is 0.0981. The highest BCUT2D eigenvalue weighted by Gasteiger charge is 2.20. The Morgan fingerprint density at radius 1 is 1.32 bits per heavy atom. The molecule has 0 saturated carbocycles. The van der Waals surface area contributed by atoms with Crippen LogP contribution in [0.5, 0.6) is 5.75 Å². The predicted molar refractivity (Wildman–Crippen MR) is 86.7 cm³/mol. The molecule has 1 aliphatic rings. The molecule has 122 valence electrons. The molecule has 1 aromatic rings. The molecule has 1 amide bonds. The Balaban J connectivity index is 1.74. The lowest BCUT2D eigenvalue weighted by atomic mass is 10.2. The second-order valence-corrected chi connectivity index (χ2v) is 6.19. The topological polar surface area (TPSA) is 53.0 Å². The number of carbonyl (C=O) groups excluding carboxylic acids is 1. The SMILES string of the molecule is CC(=O)N1CCN(CC(O)COc2ccc(Cl)cc2Cl)CC1. The molecule has 1 unspecified atom stereocenters. The third-order valence-corrected chi connectivity index (χ3v) is 4.14. The van der Waals surface area contributed by atoms with E-state index in [2.05, 4.69) is 4.90 Å². The minimum Gasteiger partial charge on any atom is -0.489 e. The van der Waals surface area contributed by atoms with Crippen molar-refractivity contribution in [3.8, 4) is 5.75 Å². The minimum atomic E-state index is -0.615. The first kappa shape index (κ1) is 17.3. The van der Waals surface area contributed by atoms with Crippen molar-refractivity contribution >= 4 is 29.1 Å². The lowest BCUT2D eigenvalue weighted by Gasteiger charge is -2.35. The summed E-state index contributed by atoms with van der Waals surface area (Å²) >= 11 is 11.8. The highest BCUT2D eigenvalue weighted by atomic mass is 35.5. The van der Waals surface area contributed by atoms with Crippen LogP contribution in [0.15, 0.2) is 18.2 Å². The first-order valence-corrected chi connectivity index (χ1v) is 7.95.